The van der Waals surface area contributed by atoms with Crippen LogP contribution in [-0.4, -0.2) is 61.3 Å². The van der Waals surface area contributed by atoms with Crippen LogP contribution in [0.25, 0.3) is 17.5 Å². The van der Waals surface area contributed by atoms with Gasteiger partial charge in [0.1, 0.15) is 11.8 Å². The highest BCUT2D eigenvalue weighted by Gasteiger charge is 2.38. The van der Waals surface area contributed by atoms with Gasteiger partial charge in [-0.3, -0.25) is 9.69 Å². The Morgan fingerprint density at radius 2 is 2.03 bits per heavy atom. The SMILES string of the molecule is C=Cc1cc(-c2nn[nH]n2)c(NC(=O)C(CC(C)C)N(C(=O)O)C(C)(C)C)cc1OC. The number of amides is 2. The third-order valence-corrected chi connectivity index (χ3v) is 4.67. The predicted molar refractivity (Wildman–Crippen MR) is 118 cm³/mol. The molecule has 0 bridgehead atoms. The van der Waals surface area contributed by atoms with Crippen molar-refractivity contribution in [1.29, 1.82) is 0 Å². The minimum Gasteiger partial charge on any atom is -0.496 e. The van der Waals surface area contributed by atoms with Gasteiger partial charge in [0.05, 0.1) is 12.8 Å². The number of aromatic nitrogens is 4. The van der Waals surface area contributed by atoms with E-state index in [-0.39, 0.29) is 11.7 Å². The molecular weight excluding hydrogens is 400 g/mol. The number of aromatic amines is 1. The zero-order valence-electron chi connectivity index (χ0n) is 18.8. The maximum atomic E-state index is 13.4. The van der Waals surface area contributed by atoms with Crippen molar-refractivity contribution in [2.45, 2.75) is 52.6 Å². The fraction of sp³-hybridized carbons (Fsp3) is 0.476. The summed E-state index contributed by atoms with van der Waals surface area (Å²) < 4.78 is 5.40. The first kappa shape index (κ1) is 23.8. The number of carbonyl (C=O) groups excluding carboxylic acids is 1. The van der Waals surface area contributed by atoms with E-state index in [0.29, 0.717) is 29.0 Å². The van der Waals surface area contributed by atoms with Crippen LogP contribution >= 0.6 is 0 Å². The molecule has 168 valence electrons. The molecule has 0 aliphatic rings. The van der Waals surface area contributed by atoms with Crippen molar-refractivity contribution in [3.8, 4) is 17.1 Å². The number of rotatable bonds is 8. The number of hydrogen-bond donors (Lipinski definition) is 3. The molecule has 3 N–H and O–H groups in total. The number of nitrogens with zero attached hydrogens (tertiary/aromatic N) is 4. The van der Waals surface area contributed by atoms with E-state index in [1.54, 1.807) is 39.0 Å². The normalized spacial score (nSPS) is 12.4. The average Bonchev–Trinajstić information content (AvgIpc) is 3.19. The van der Waals surface area contributed by atoms with E-state index in [1.165, 1.54) is 12.0 Å². The summed E-state index contributed by atoms with van der Waals surface area (Å²) in [5.41, 5.74) is 0.783. The van der Waals surface area contributed by atoms with E-state index in [1.807, 2.05) is 13.8 Å². The van der Waals surface area contributed by atoms with Crippen molar-refractivity contribution >= 4 is 23.8 Å². The van der Waals surface area contributed by atoms with E-state index in [0.717, 1.165) is 0 Å². The van der Waals surface area contributed by atoms with Crippen LogP contribution in [0.2, 0.25) is 0 Å². The number of ether oxygens (including phenoxy) is 1. The quantitative estimate of drug-likeness (QED) is 0.582. The van der Waals surface area contributed by atoms with E-state index in [4.69, 9.17) is 4.74 Å². The summed E-state index contributed by atoms with van der Waals surface area (Å²) in [6.45, 7) is 12.9. The number of methoxy groups -OCH3 is 1. The Morgan fingerprint density at radius 3 is 2.48 bits per heavy atom. The lowest BCUT2D eigenvalue weighted by atomic mass is 9.96. The Bertz CT molecular complexity index is 934. The number of nitrogens with one attached hydrogen (secondary N) is 2. The van der Waals surface area contributed by atoms with Crippen molar-refractivity contribution in [1.82, 2.24) is 25.5 Å². The molecule has 1 unspecified atom stereocenters. The number of tetrazole rings is 1. The fourth-order valence-electron chi connectivity index (χ4n) is 3.38. The average molecular weight is 431 g/mol. The van der Waals surface area contributed by atoms with Gasteiger partial charge in [-0.2, -0.15) is 5.21 Å². The molecule has 2 aromatic rings. The molecule has 1 atom stereocenters. The van der Waals surface area contributed by atoms with Gasteiger partial charge in [-0.25, -0.2) is 4.79 Å². The summed E-state index contributed by atoms with van der Waals surface area (Å²) in [5, 5.41) is 26.7. The molecule has 1 aromatic heterocycles. The van der Waals surface area contributed by atoms with Crippen LogP contribution in [0.3, 0.4) is 0 Å². The van der Waals surface area contributed by atoms with Gasteiger partial charge in [-0.15, -0.1) is 10.2 Å². The standard InChI is InChI=1S/C21H30N6O4/c1-8-13-10-14(18-23-25-26-24-18)15(11-17(13)31-7)22-19(28)16(9-12(2)3)27(20(29)30)21(4,5)6/h8,10-12,16H,1,9H2,2-7H3,(H,22,28)(H,29,30)(H,23,24,25,26). The Kier molecular flexibility index (Phi) is 7.37. The molecule has 10 heteroatoms. The summed E-state index contributed by atoms with van der Waals surface area (Å²) >= 11 is 0. The van der Waals surface area contributed by atoms with Gasteiger partial charge in [0.25, 0.3) is 0 Å². The third kappa shape index (κ3) is 5.59. The molecule has 1 heterocycles. The van der Waals surface area contributed by atoms with Crippen molar-refractivity contribution < 1.29 is 19.4 Å². The molecule has 0 aliphatic carbocycles. The first-order chi connectivity index (χ1) is 14.5. The number of carboxylic acid groups (broad SMARTS) is 1. The van der Waals surface area contributed by atoms with E-state index in [9.17, 15) is 14.7 Å². The van der Waals surface area contributed by atoms with Crippen LogP contribution in [0.1, 0.15) is 46.6 Å². The van der Waals surface area contributed by atoms with Crippen LogP contribution in [0, 0.1) is 5.92 Å². The van der Waals surface area contributed by atoms with Crippen molar-refractivity contribution in [3.63, 3.8) is 0 Å². The number of benzene rings is 1. The Balaban J connectivity index is 2.54. The van der Waals surface area contributed by atoms with Crippen LogP contribution < -0.4 is 10.1 Å². The van der Waals surface area contributed by atoms with E-state index >= 15 is 0 Å². The summed E-state index contributed by atoms with van der Waals surface area (Å²) in [6.07, 6.45) is 0.808. The van der Waals surface area contributed by atoms with E-state index < -0.39 is 23.6 Å². The first-order valence-corrected chi connectivity index (χ1v) is 9.91. The van der Waals surface area contributed by atoms with Crippen LogP contribution in [0.4, 0.5) is 10.5 Å². The Labute approximate surface area is 181 Å². The second-order valence-corrected chi connectivity index (χ2v) is 8.54. The number of hydrogen-bond acceptors (Lipinski definition) is 6. The van der Waals surface area contributed by atoms with Gasteiger partial charge in [-0.05, 0) is 44.4 Å². The molecule has 0 saturated heterocycles. The minimum atomic E-state index is -1.16. The highest BCUT2D eigenvalue weighted by Crippen LogP contribution is 2.34. The molecule has 1 aromatic carbocycles. The first-order valence-electron chi connectivity index (χ1n) is 9.91. The summed E-state index contributed by atoms with van der Waals surface area (Å²) in [6, 6.07) is 2.46. The fourth-order valence-corrected chi connectivity index (χ4v) is 3.38. The number of anilines is 1. The lowest BCUT2D eigenvalue weighted by Crippen LogP contribution is -2.56. The summed E-state index contributed by atoms with van der Waals surface area (Å²) in [5.74, 6) is 0.398. The van der Waals surface area contributed by atoms with Crippen LogP contribution in [0.5, 0.6) is 5.75 Å². The van der Waals surface area contributed by atoms with Gasteiger partial charge in [0, 0.05) is 22.7 Å². The Morgan fingerprint density at radius 1 is 1.35 bits per heavy atom. The van der Waals surface area contributed by atoms with Crippen LogP contribution in [-0.2, 0) is 4.79 Å². The minimum absolute atomic E-state index is 0.0919. The molecule has 0 saturated carbocycles. The number of carbonyl (C=O) groups is 2. The summed E-state index contributed by atoms with van der Waals surface area (Å²) in [4.78, 5) is 26.6. The molecule has 0 fully saturated rings. The lowest BCUT2D eigenvalue weighted by Gasteiger charge is -2.39. The van der Waals surface area contributed by atoms with Crippen LogP contribution in [0.15, 0.2) is 18.7 Å². The number of H-pyrrole nitrogens is 1. The van der Waals surface area contributed by atoms with Gasteiger partial charge in [0.2, 0.25) is 11.7 Å². The zero-order valence-corrected chi connectivity index (χ0v) is 18.8. The highest BCUT2D eigenvalue weighted by atomic mass is 16.5. The largest absolute Gasteiger partial charge is 0.496 e. The van der Waals surface area contributed by atoms with Gasteiger partial charge in [0.15, 0.2) is 0 Å². The molecule has 2 rings (SSSR count). The van der Waals surface area contributed by atoms with Gasteiger partial charge >= 0.3 is 6.09 Å². The zero-order chi connectivity index (χ0) is 23.3. The molecule has 0 radical (unpaired) electrons. The topological polar surface area (TPSA) is 133 Å². The van der Waals surface area contributed by atoms with Crippen molar-refractivity contribution in [2.24, 2.45) is 5.92 Å². The molecule has 10 nitrogen and oxygen atoms in total. The van der Waals surface area contributed by atoms with Crippen molar-refractivity contribution in [3.05, 3.63) is 24.3 Å². The molecule has 31 heavy (non-hydrogen) atoms. The van der Waals surface area contributed by atoms with Crippen molar-refractivity contribution in [2.75, 3.05) is 12.4 Å². The van der Waals surface area contributed by atoms with Gasteiger partial charge < -0.3 is 15.2 Å². The lowest BCUT2D eigenvalue weighted by molar-refractivity contribution is -0.123. The Hall–Kier alpha value is -3.43. The summed E-state index contributed by atoms with van der Waals surface area (Å²) in [7, 11) is 1.51. The maximum Gasteiger partial charge on any atom is 0.408 e. The monoisotopic (exact) mass is 430 g/mol. The second kappa shape index (κ2) is 9.59. The third-order valence-electron chi connectivity index (χ3n) is 4.67. The molecule has 0 aliphatic heterocycles. The molecule has 2 amide bonds. The maximum absolute atomic E-state index is 13.4. The van der Waals surface area contributed by atoms with Gasteiger partial charge in [-0.1, -0.05) is 26.5 Å². The highest BCUT2D eigenvalue weighted by molar-refractivity contribution is 6.00. The van der Waals surface area contributed by atoms with E-state index in [2.05, 4.69) is 32.5 Å². The molecular formula is C21H30N6O4. The second-order valence-electron chi connectivity index (χ2n) is 8.54. The molecule has 0 spiro atoms. The smallest absolute Gasteiger partial charge is 0.408 e. The predicted octanol–water partition coefficient (Wildman–Crippen LogP) is 3.65.